The third kappa shape index (κ3) is 4.03. The average molecular weight is 409 g/mol. The van der Waals surface area contributed by atoms with Crippen LogP contribution in [0.4, 0.5) is 5.82 Å². The molecule has 1 saturated heterocycles. The van der Waals surface area contributed by atoms with E-state index in [1.165, 1.54) is 11.0 Å². The number of H-pyrrole nitrogens is 1. The van der Waals surface area contributed by atoms with E-state index in [0.717, 1.165) is 5.69 Å². The molecule has 2 amide bonds. The summed E-state index contributed by atoms with van der Waals surface area (Å²) in [6, 6.07) is 8.10. The molecule has 2 heterocycles. The maximum absolute atomic E-state index is 12.6. The molecule has 8 heteroatoms. The molecule has 1 aromatic carbocycles. The third-order valence-corrected chi connectivity index (χ3v) is 5.35. The Kier molecular flexibility index (Phi) is 5.86. The van der Waals surface area contributed by atoms with Crippen LogP contribution < -0.4 is 11.5 Å². The predicted molar refractivity (Wildman–Crippen MR) is 117 cm³/mol. The highest BCUT2D eigenvalue weighted by Gasteiger charge is 2.40. The fourth-order valence-corrected chi connectivity index (χ4v) is 3.77. The van der Waals surface area contributed by atoms with Gasteiger partial charge in [-0.05, 0) is 36.8 Å². The predicted octanol–water partition coefficient (Wildman–Crippen LogP) is 1.72. The third-order valence-electron chi connectivity index (χ3n) is 5.35. The van der Waals surface area contributed by atoms with Crippen molar-refractivity contribution in [2.24, 2.45) is 5.73 Å². The van der Waals surface area contributed by atoms with Gasteiger partial charge in [0.1, 0.15) is 17.6 Å². The van der Waals surface area contributed by atoms with Gasteiger partial charge in [0.15, 0.2) is 0 Å². The molecule has 0 radical (unpaired) electrons. The molecule has 2 aromatic rings. The molecule has 0 spiro atoms. The molecule has 0 bridgehead atoms. The molecule has 30 heavy (non-hydrogen) atoms. The molecule has 1 aliphatic heterocycles. The first-order valence-corrected chi connectivity index (χ1v) is 9.61. The molecule has 0 aliphatic carbocycles. The number of phenolic OH excluding ortho intramolecular Hbond substituents is 1. The lowest BCUT2D eigenvalue weighted by atomic mass is 10.0. The van der Waals surface area contributed by atoms with Crippen LogP contribution in [0, 0.1) is 0 Å². The van der Waals surface area contributed by atoms with Gasteiger partial charge in [0, 0.05) is 49.1 Å². The molecule has 1 aromatic heterocycles. The van der Waals surface area contributed by atoms with Gasteiger partial charge in [0.2, 0.25) is 11.8 Å². The lowest BCUT2D eigenvalue weighted by Gasteiger charge is -2.24. The lowest BCUT2D eigenvalue weighted by molar-refractivity contribution is -0.139. The molecule has 6 N–H and O–H groups in total. The fourth-order valence-electron chi connectivity index (χ4n) is 3.77. The minimum atomic E-state index is -0.551. The fraction of sp³-hybridized carbons (Fsp3) is 0.273. The monoisotopic (exact) mass is 409 g/mol. The zero-order chi connectivity index (χ0) is 22.0. The Labute approximate surface area is 175 Å². The van der Waals surface area contributed by atoms with Crippen LogP contribution in [-0.4, -0.2) is 58.4 Å². The zero-order valence-electron chi connectivity index (χ0n) is 17.1. The van der Waals surface area contributed by atoms with E-state index in [1.807, 2.05) is 6.07 Å². The molecule has 1 aliphatic rings. The Balaban J connectivity index is 1.88. The Morgan fingerprint density at radius 2 is 2.03 bits per heavy atom. The molecule has 8 nitrogen and oxygen atoms in total. The summed E-state index contributed by atoms with van der Waals surface area (Å²) in [5, 5.41) is 10.00. The highest BCUT2D eigenvalue weighted by atomic mass is 16.3. The van der Waals surface area contributed by atoms with E-state index >= 15 is 0 Å². The van der Waals surface area contributed by atoms with Crippen LogP contribution in [0.15, 0.2) is 43.0 Å². The van der Waals surface area contributed by atoms with Crippen LogP contribution >= 0.6 is 0 Å². The zero-order valence-corrected chi connectivity index (χ0v) is 17.1. The number of nitrogens with two attached hydrogens (primary N) is 2. The van der Waals surface area contributed by atoms with Gasteiger partial charge in [-0.1, -0.05) is 18.7 Å². The first-order valence-electron chi connectivity index (χ1n) is 9.61. The molecule has 3 rings (SSSR count). The minimum absolute atomic E-state index is 0.0833. The molecular formula is C22H27N5O3. The van der Waals surface area contributed by atoms with Crippen molar-refractivity contribution < 1.29 is 14.7 Å². The van der Waals surface area contributed by atoms with E-state index in [4.69, 9.17) is 11.5 Å². The number of carbonyl (C=O) groups is 2. The summed E-state index contributed by atoms with van der Waals surface area (Å²) < 4.78 is 0. The largest absolute Gasteiger partial charge is 0.507 e. The lowest BCUT2D eigenvalue weighted by Crippen LogP contribution is -2.44. The van der Waals surface area contributed by atoms with Gasteiger partial charge in [-0.2, -0.15) is 0 Å². The van der Waals surface area contributed by atoms with Gasteiger partial charge in [0.05, 0.1) is 0 Å². The Morgan fingerprint density at radius 1 is 1.33 bits per heavy atom. The smallest absolute Gasteiger partial charge is 0.246 e. The number of hydrogen-bond donors (Lipinski definition) is 4. The maximum atomic E-state index is 12.6. The van der Waals surface area contributed by atoms with Crippen LogP contribution in [0.5, 0.6) is 5.75 Å². The summed E-state index contributed by atoms with van der Waals surface area (Å²) in [6.07, 6.45) is 3.39. The van der Waals surface area contributed by atoms with E-state index in [0.29, 0.717) is 35.6 Å². The van der Waals surface area contributed by atoms with Crippen molar-refractivity contribution in [3.63, 3.8) is 0 Å². The number of rotatable bonds is 5. The van der Waals surface area contributed by atoms with Crippen LogP contribution in [-0.2, 0) is 9.59 Å². The van der Waals surface area contributed by atoms with Crippen molar-refractivity contribution in [3.05, 3.63) is 59.8 Å². The minimum Gasteiger partial charge on any atom is -0.507 e. The van der Waals surface area contributed by atoms with Crippen molar-refractivity contribution in [2.45, 2.75) is 18.4 Å². The number of hydrogen-bond acceptors (Lipinski definition) is 5. The van der Waals surface area contributed by atoms with Gasteiger partial charge in [-0.15, -0.1) is 0 Å². The number of likely N-dealkylation sites (tertiary alicyclic amines) is 1. The number of nitrogens with zero attached hydrogens (tertiary/aromatic N) is 2. The average Bonchev–Trinajstić information content (AvgIpc) is 3.31. The highest BCUT2D eigenvalue weighted by Crippen LogP contribution is 2.34. The molecule has 158 valence electrons. The SMILES string of the molecule is C=CC(=O)N1CC(c2cc(/C=C(\N)c3ccccc3O)c(N)[nH]2)CC1C(=O)N(C)C. The summed E-state index contributed by atoms with van der Waals surface area (Å²) in [7, 11) is 3.34. The van der Waals surface area contributed by atoms with Crippen molar-refractivity contribution in [1.29, 1.82) is 0 Å². The normalized spacial score (nSPS) is 19.0. The summed E-state index contributed by atoms with van der Waals surface area (Å²) >= 11 is 0. The van der Waals surface area contributed by atoms with E-state index in [2.05, 4.69) is 11.6 Å². The molecule has 2 unspecified atom stereocenters. The van der Waals surface area contributed by atoms with Crippen LogP contribution in [0.25, 0.3) is 11.8 Å². The summed E-state index contributed by atoms with van der Waals surface area (Å²) in [4.78, 5) is 31.0. The quantitative estimate of drug-likeness (QED) is 0.559. The number of phenols is 1. The number of anilines is 1. The summed E-state index contributed by atoms with van der Waals surface area (Å²) in [5.74, 6) is 0.0169. The maximum Gasteiger partial charge on any atom is 0.246 e. The van der Waals surface area contributed by atoms with Crippen molar-refractivity contribution in [2.75, 3.05) is 26.4 Å². The van der Waals surface area contributed by atoms with E-state index in [-0.39, 0.29) is 23.5 Å². The van der Waals surface area contributed by atoms with E-state index < -0.39 is 6.04 Å². The number of aromatic hydroxyl groups is 1. The van der Waals surface area contributed by atoms with Crippen LogP contribution in [0.2, 0.25) is 0 Å². The second-order valence-corrected chi connectivity index (χ2v) is 7.59. The molecule has 1 fully saturated rings. The highest BCUT2D eigenvalue weighted by molar-refractivity contribution is 5.93. The van der Waals surface area contributed by atoms with Crippen LogP contribution in [0.3, 0.4) is 0 Å². The number of amides is 2. The number of likely N-dealkylation sites (N-methyl/N-ethyl adjacent to an activating group) is 1. The van der Waals surface area contributed by atoms with Gasteiger partial charge in [-0.3, -0.25) is 9.59 Å². The standard InChI is InChI=1S/C22H27N5O3/c1-4-20(29)27-12-14(11-18(27)22(30)26(2)3)17-10-13(21(24)25-17)9-16(23)15-7-5-6-8-19(15)28/h4-10,14,18,25,28H,1,11-12,23-24H2,2-3H3/b16-9-. The topological polar surface area (TPSA) is 129 Å². The van der Waals surface area contributed by atoms with Crippen molar-refractivity contribution in [1.82, 2.24) is 14.8 Å². The second kappa shape index (κ2) is 8.36. The van der Waals surface area contributed by atoms with Crippen molar-refractivity contribution >= 4 is 29.4 Å². The number of nitrogens with one attached hydrogen (secondary N) is 1. The molecule has 2 atom stereocenters. The van der Waals surface area contributed by atoms with Gasteiger partial charge in [0.25, 0.3) is 0 Å². The van der Waals surface area contributed by atoms with Crippen molar-refractivity contribution in [3.8, 4) is 5.75 Å². The summed E-state index contributed by atoms with van der Waals surface area (Å²) in [6.45, 7) is 3.92. The van der Waals surface area contributed by atoms with Crippen LogP contribution in [0.1, 0.15) is 29.2 Å². The van der Waals surface area contributed by atoms with E-state index in [1.54, 1.807) is 49.3 Å². The Morgan fingerprint density at radius 3 is 2.67 bits per heavy atom. The van der Waals surface area contributed by atoms with E-state index in [9.17, 15) is 14.7 Å². The van der Waals surface area contributed by atoms with Gasteiger partial charge >= 0.3 is 0 Å². The second-order valence-electron chi connectivity index (χ2n) is 7.59. The number of aromatic amines is 1. The molecular weight excluding hydrogens is 382 g/mol. The number of benzene rings is 1. The number of nitrogen functional groups attached to an aromatic ring is 1. The first-order chi connectivity index (χ1) is 14.2. The number of para-hydroxylation sites is 1. The first kappa shape index (κ1) is 21.0. The van der Waals surface area contributed by atoms with Gasteiger partial charge < -0.3 is 31.4 Å². The number of aromatic nitrogens is 1. The van der Waals surface area contributed by atoms with Gasteiger partial charge in [-0.25, -0.2) is 0 Å². The number of carbonyl (C=O) groups excluding carboxylic acids is 2. The Bertz CT molecular complexity index is 1010. The Hall–Kier alpha value is -3.68. The molecule has 0 saturated carbocycles. The summed E-state index contributed by atoms with van der Waals surface area (Å²) in [5.41, 5.74) is 14.7.